The summed E-state index contributed by atoms with van der Waals surface area (Å²) in [6.07, 6.45) is 3.10. The molecule has 0 radical (unpaired) electrons. The predicted octanol–water partition coefficient (Wildman–Crippen LogP) is 1.93. The van der Waals surface area contributed by atoms with Crippen molar-refractivity contribution in [3.05, 3.63) is 30.6 Å². The van der Waals surface area contributed by atoms with Gasteiger partial charge in [0, 0.05) is 26.2 Å². The van der Waals surface area contributed by atoms with Crippen LogP contribution in [0.5, 0.6) is 0 Å². The molecule has 1 aromatic carbocycles. The van der Waals surface area contributed by atoms with Gasteiger partial charge in [-0.2, -0.15) is 0 Å². The number of amides is 2. The Morgan fingerprint density at radius 2 is 2.17 bits per heavy atom. The number of para-hydroxylation sites is 2. The Hall–Kier alpha value is -2.57. The molecule has 1 saturated heterocycles. The summed E-state index contributed by atoms with van der Waals surface area (Å²) >= 11 is 0. The van der Waals surface area contributed by atoms with Crippen molar-refractivity contribution in [3.63, 3.8) is 0 Å². The summed E-state index contributed by atoms with van der Waals surface area (Å²) in [5.74, 6) is -0.843. The number of nitrogens with one attached hydrogen (secondary N) is 1. The van der Waals surface area contributed by atoms with Gasteiger partial charge in [-0.05, 0) is 31.9 Å². The van der Waals surface area contributed by atoms with Crippen molar-refractivity contribution in [1.82, 2.24) is 19.8 Å². The van der Waals surface area contributed by atoms with E-state index in [1.807, 2.05) is 30.6 Å². The molecule has 128 valence electrons. The number of carboxylic acid groups (broad SMARTS) is 1. The topological polar surface area (TPSA) is 87.5 Å². The van der Waals surface area contributed by atoms with Crippen molar-refractivity contribution in [2.75, 3.05) is 19.6 Å². The first-order valence-electron chi connectivity index (χ1n) is 8.16. The van der Waals surface area contributed by atoms with Gasteiger partial charge in [0.2, 0.25) is 0 Å². The molecule has 1 aromatic heterocycles. The second-order valence-electron chi connectivity index (χ2n) is 6.55. The maximum absolute atomic E-state index is 12.1. The number of rotatable bonds is 5. The van der Waals surface area contributed by atoms with Gasteiger partial charge in [0.15, 0.2) is 0 Å². The molecule has 1 fully saturated rings. The Morgan fingerprint density at radius 3 is 2.92 bits per heavy atom. The molecule has 3 rings (SSSR count). The lowest BCUT2D eigenvalue weighted by molar-refractivity contribution is -0.146. The number of carbonyl (C=O) groups is 2. The average Bonchev–Trinajstić information content (AvgIpc) is 3.16. The fourth-order valence-corrected chi connectivity index (χ4v) is 3.05. The average molecular weight is 330 g/mol. The molecule has 1 atom stereocenters. The molecule has 7 nitrogen and oxygen atoms in total. The van der Waals surface area contributed by atoms with E-state index < -0.39 is 11.4 Å². The van der Waals surface area contributed by atoms with Gasteiger partial charge in [-0.3, -0.25) is 4.79 Å². The van der Waals surface area contributed by atoms with Crippen molar-refractivity contribution in [1.29, 1.82) is 0 Å². The number of hydrogen-bond donors (Lipinski definition) is 2. The summed E-state index contributed by atoms with van der Waals surface area (Å²) in [6, 6.07) is 7.75. The lowest BCUT2D eigenvalue weighted by atomic mass is 9.90. The Bertz CT molecular complexity index is 757. The molecule has 24 heavy (non-hydrogen) atoms. The van der Waals surface area contributed by atoms with Crippen molar-refractivity contribution >= 4 is 23.0 Å². The number of carbonyl (C=O) groups excluding carboxylic acids is 1. The molecule has 2 aromatic rings. The van der Waals surface area contributed by atoms with E-state index in [1.54, 1.807) is 11.8 Å². The first-order valence-corrected chi connectivity index (χ1v) is 8.16. The van der Waals surface area contributed by atoms with E-state index in [4.69, 9.17) is 0 Å². The van der Waals surface area contributed by atoms with E-state index in [-0.39, 0.29) is 12.6 Å². The number of aryl methyl sites for hydroxylation is 1. The number of benzene rings is 1. The van der Waals surface area contributed by atoms with Crippen LogP contribution in [0.2, 0.25) is 0 Å². The number of likely N-dealkylation sites (tertiary alicyclic amines) is 1. The van der Waals surface area contributed by atoms with Gasteiger partial charge in [-0.15, -0.1) is 0 Å². The fourth-order valence-electron chi connectivity index (χ4n) is 3.05. The summed E-state index contributed by atoms with van der Waals surface area (Å²) < 4.78 is 2.07. The van der Waals surface area contributed by atoms with Crippen molar-refractivity contribution in [2.45, 2.75) is 26.3 Å². The van der Waals surface area contributed by atoms with Gasteiger partial charge in [0.25, 0.3) is 0 Å². The zero-order valence-electron chi connectivity index (χ0n) is 13.7. The van der Waals surface area contributed by atoms with Crippen LogP contribution in [0, 0.1) is 5.41 Å². The SMILES string of the molecule is CC1(C(=O)O)CCN(C(=O)NCCCn2cnc3ccccc32)C1. The number of urea groups is 1. The first kappa shape index (κ1) is 16.3. The van der Waals surface area contributed by atoms with E-state index in [0.717, 1.165) is 24.0 Å². The summed E-state index contributed by atoms with van der Waals surface area (Å²) in [5.41, 5.74) is 1.22. The van der Waals surface area contributed by atoms with E-state index in [0.29, 0.717) is 19.5 Å². The third-order valence-corrected chi connectivity index (χ3v) is 4.66. The van der Waals surface area contributed by atoms with Crippen LogP contribution in [-0.2, 0) is 11.3 Å². The Kier molecular flexibility index (Phi) is 4.42. The Balaban J connectivity index is 1.45. The predicted molar refractivity (Wildman–Crippen MR) is 89.7 cm³/mol. The summed E-state index contributed by atoms with van der Waals surface area (Å²) in [6.45, 7) is 3.76. The zero-order valence-corrected chi connectivity index (χ0v) is 13.7. The highest BCUT2D eigenvalue weighted by Gasteiger charge is 2.42. The van der Waals surface area contributed by atoms with Crippen LogP contribution in [0.4, 0.5) is 4.79 Å². The fraction of sp³-hybridized carbons (Fsp3) is 0.471. The number of carboxylic acids is 1. The third-order valence-electron chi connectivity index (χ3n) is 4.66. The molecule has 2 amide bonds. The monoisotopic (exact) mass is 330 g/mol. The number of hydrogen-bond acceptors (Lipinski definition) is 3. The van der Waals surface area contributed by atoms with Crippen molar-refractivity contribution in [3.8, 4) is 0 Å². The van der Waals surface area contributed by atoms with E-state index in [1.165, 1.54) is 0 Å². The smallest absolute Gasteiger partial charge is 0.317 e. The van der Waals surface area contributed by atoms with Crippen molar-refractivity contribution < 1.29 is 14.7 Å². The van der Waals surface area contributed by atoms with Crippen molar-refractivity contribution in [2.24, 2.45) is 5.41 Å². The molecule has 1 aliphatic rings. The normalized spacial score (nSPS) is 20.5. The van der Waals surface area contributed by atoms with Crippen LogP contribution in [0.3, 0.4) is 0 Å². The number of aromatic nitrogens is 2. The molecule has 0 saturated carbocycles. The molecule has 1 unspecified atom stereocenters. The highest BCUT2D eigenvalue weighted by Crippen LogP contribution is 2.29. The molecule has 7 heteroatoms. The standard InChI is InChI=1S/C17H22N4O3/c1-17(15(22)23)7-10-20(11-17)16(24)18-8-4-9-21-12-19-13-5-2-3-6-14(13)21/h2-3,5-6,12H,4,7-11H2,1H3,(H,18,24)(H,22,23). The van der Waals surface area contributed by atoms with Gasteiger partial charge in [0.1, 0.15) is 0 Å². The van der Waals surface area contributed by atoms with Gasteiger partial charge in [-0.1, -0.05) is 12.1 Å². The van der Waals surface area contributed by atoms with Crippen LogP contribution in [-0.4, -0.2) is 51.2 Å². The van der Waals surface area contributed by atoms with Crippen LogP contribution in [0.1, 0.15) is 19.8 Å². The van der Waals surface area contributed by atoms with E-state index >= 15 is 0 Å². The number of aliphatic carboxylic acids is 1. The molecular weight excluding hydrogens is 308 g/mol. The lowest BCUT2D eigenvalue weighted by Gasteiger charge is -2.20. The van der Waals surface area contributed by atoms with Gasteiger partial charge in [-0.25, -0.2) is 9.78 Å². The van der Waals surface area contributed by atoms with Crippen LogP contribution >= 0.6 is 0 Å². The maximum Gasteiger partial charge on any atom is 0.317 e. The summed E-state index contributed by atoms with van der Waals surface area (Å²) in [7, 11) is 0. The first-order chi connectivity index (χ1) is 11.5. The van der Waals surface area contributed by atoms with E-state index in [9.17, 15) is 14.7 Å². The summed E-state index contributed by atoms with van der Waals surface area (Å²) in [4.78, 5) is 29.3. The quantitative estimate of drug-likeness (QED) is 0.820. The van der Waals surface area contributed by atoms with Gasteiger partial charge >= 0.3 is 12.0 Å². The number of nitrogens with zero attached hydrogens (tertiary/aromatic N) is 3. The summed E-state index contributed by atoms with van der Waals surface area (Å²) in [5, 5.41) is 12.1. The number of fused-ring (bicyclic) bond motifs is 1. The van der Waals surface area contributed by atoms with Crippen LogP contribution in [0.25, 0.3) is 11.0 Å². The second kappa shape index (κ2) is 6.51. The highest BCUT2D eigenvalue weighted by molar-refractivity contribution is 5.79. The maximum atomic E-state index is 12.1. The molecule has 0 bridgehead atoms. The minimum atomic E-state index is -0.843. The molecule has 2 heterocycles. The molecular formula is C17H22N4O3. The van der Waals surface area contributed by atoms with Gasteiger partial charge < -0.3 is 19.9 Å². The van der Waals surface area contributed by atoms with Crippen LogP contribution < -0.4 is 5.32 Å². The van der Waals surface area contributed by atoms with E-state index in [2.05, 4.69) is 14.9 Å². The van der Waals surface area contributed by atoms with Gasteiger partial charge in [0.05, 0.1) is 22.8 Å². The molecule has 2 N–H and O–H groups in total. The van der Waals surface area contributed by atoms with Crippen LogP contribution in [0.15, 0.2) is 30.6 Å². The third kappa shape index (κ3) is 3.20. The lowest BCUT2D eigenvalue weighted by Crippen LogP contribution is -2.41. The minimum absolute atomic E-state index is 0.185. The highest BCUT2D eigenvalue weighted by atomic mass is 16.4. The molecule has 0 aliphatic carbocycles. The minimum Gasteiger partial charge on any atom is -0.481 e. The molecule has 1 aliphatic heterocycles. The molecule has 0 spiro atoms. The Morgan fingerprint density at radius 1 is 1.38 bits per heavy atom. The number of imidazole rings is 1. The largest absolute Gasteiger partial charge is 0.481 e. The second-order valence-corrected chi connectivity index (χ2v) is 6.55. The zero-order chi connectivity index (χ0) is 17.2. The Labute approximate surface area is 140 Å².